The van der Waals surface area contributed by atoms with Gasteiger partial charge in [0.25, 0.3) is 0 Å². The molecule has 2 heterocycles. The number of hydrogen-bond acceptors (Lipinski definition) is 7. The molecule has 2 saturated heterocycles. The summed E-state index contributed by atoms with van der Waals surface area (Å²) in [5.74, 6) is -0.0246. The Bertz CT molecular complexity index is 1240. The first kappa shape index (κ1) is 30.3. The van der Waals surface area contributed by atoms with E-state index in [0.717, 1.165) is 12.0 Å². The van der Waals surface area contributed by atoms with Crippen LogP contribution in [0.25, 0.3) is 0 Å². The molecule has 2 aliphatic rings. The highest BCUT2D eigenvalue weighted by atomic mass is 19.1. The molecule has 2 N–H and O–H groups in total. The van der Waals surface area contributed by atoms with Crippen LogP contribution >= 0.6 is 0 Å². The topological polar surface area (TPSA) is 109 Å². The van der Waals surface area contributed by atoms with E-state index in [-0.39, 0.29) is 24.8 Å². The number of likely N-dealkylation sites (tertiary alicyclic amines) is 1. The molecule has 2 aromatic rings. The molecule has 0 spiro atoms. The number of nitrogens with two attached hydrogens (primary N) is 1. The maximum atomic E-state index is 15.7. The van der Waals surface area contributed by atoms with E-state index >= 15 is 4.39 Å². The van der Waals surface area contributed by atoms with E-state index in [4.69, 9.17) is 15.2 Å². The monoisotopic (exact) mass is 569 g/mol. The van der Waals surface area contributed by atoms with E-state index in [9.17, 15) is 14.4 Å². The molecule has 10 nitrogen and oxygen atoms in total. The smallest absolute Gasteiger partial charge is 0.324 e. The number of piperazine rings is 1. The second-order valence-electron chi connectivity index (χ2n) is 10.4. The number of primary amides is 1. The minimum absolute atomic E-state index is 0.0775. The fourth-order valence-electron chi connectivity index (χ4n) is 5.66. The number of urea groups is 1. The van der Waals surface area contributed by atoms with Crippen LogP contribution in [0.1, 0.15) is 30.9 Å². The van der Waals surface area contributed by atoms with Crippen LogP contribution in [0.4, 0.5) is 20.6 Å². The fraction of sp³-hybridized carbons (Fsp3) is 0.500. The van der Waals surface area contributed by atoms with Crippen LogP contribution in [-0.2, 0) is 20.7 Å². The number of esters is 1. The molecule has 222 valence electrons. The van der Waals surface area contributed by atoms with E-state index in [1.54, 1.807) is 41.0 Å². The van der Waals surface area contributed by atoms with Crippen molar-refractivity contribution in [3.63, 3.8) is 0 Å². The molecule has 2 aliphatic heterocycles. The second-order valence-corrected chi connectivity index (χ2v) is 10.4. The highest BCUT2D eigenvalue weighted by Crippen LogP contribution is 2.36. The molecule has 0 unspecified atom stereocenters. The summed E-state index contributed by atoms with van der Waals surface area (Å²) < 4.78 is 26.3. The Labute approximate surface area is 240 Å². The number of para-hydroxylation sites is 1. The van der Waals surface area contributed by atoms with Gasteiger partial charge in [-0.2, -0.15) is 0 Å². The van der Waals surface area contributed by atoms with Crippen LogP contribution in [0.2, 0.25) is 0 Å². The van der Waals surface area contributed by atoms with Gasteiger partial charge in [-0.1, -0.05) is 24.3 Å². The Morgan fingerprint density at radius 2 is 1.80 bits per heavy atom. The Balaban J connectivity index is 1.42. The van der Waals surface area contributed by atoms with E-state index in [1.807, 2.05) is 30.0 Å². The lowest BCUT2D eigenvalue weighted by Crippen LogP contribution is -2.55. The SMILES string of the molecule is CCOC(=O)CN1CCN([C@@H](F)[C@@H]2CCCN2C(=O)Cc2ccc(N(C(N)=O)c3ccccc3C)c(OC)c2)CC1. The van der Waals surface area contributed by atoms with Crippen LogP contribution in [0.15, 0.2) is 42.5 Å². The van der Waals surface area contributed by atoms with Gasteiger partial charge in [0.2, 0.25) is 5.91 Å². The Morgan fingerprint density at radius 1 is 1.07 bits per heavy atom. The van der Waals surface area contributed by atoms with Crippen molar-refractivity contribution in [3.8, 4) is 5.75 Å². The number of ether oxygens (including phenoxy) is 2. The number of hydrogen-bond donors (Lipinski definition) is 1. The second kappa shape index (κ2) is 13.8. The summed E-state index contributed by atoms with van der Waals surface area (Å²) in [6.07, 6.45) is 0.142. The quantitative estimate of drug-likeness (QED) is 0.346. The third-order valence-electron chi connectivity index (χ3n) is 7.77. The summed E-state index contributed by atoms with van der Waals surface area (Å²) in [7, 11) is 1.50. The molecule has 3 amide bonds. The number of rotatable bonds is 10. The normalized spacial score (nSPS) is 18.6. The van der Waals surface area contributed by atoms with Crippen molar-refractivity contribution < 1.29 is 28.2 Å². The number of benzene rings is 2. The molecule has 4 rings (SSSR count). The van der Waals surface area contributed by atoms with Crippen molar-refractivity contribution in [1.29, 1.82) is 0 Å². The largest absolute Gasteiger partial charge is 0.495 e. The lowest BCUT2D eigenvalue weighted by atomic mass is 10.1. The molecule has 2 aromatic carbocycles. The minimum atomic E-state index is -1.28. The Kier molecular flexibility index (Phi) is 10.2. The van der Waals surface area contributed by atoms with E-state index < -0.39 is 18.4 Å². The first-order valence-corrected chi connectivity index (χ1v) is 14.1. The lowest BCUT2D eigenvalue weighted by Gasteiger charge is -2.39. The van der Waals surface area contributed by atoms with Gasteiger partial charge < -0.3 is 20.1 Å². The zero-order valence-corrected chi connectivity index (χ0v) is 24.1. The predicted molar refractivity (Wildman–Crippen MR) is 154 cm³/mol. The average Bonchev–Trinajstić information content (AvgIpc) is 3.45. The van der Waals surface area contributed by atoms with Crippen LogP contribution in [-0.4, -0.2) is 97.9 Å². The number of anilines is 2. The van der Waals surface area contributed by atoms with Crippen molar-refractivity contribution >= 4 is 29.3 Å². The third-order valence-corrected chi connectivity index (χ3v) is 7.77. The maximum absolute atomic E-state index is 15.7. The highest BCUT2D eigenvalue weighted by Gasteiger charge is 2.39. The summed E-state index contributed by atoms with van der Waals surface area (Å²) in [4.78, 5) is 44.4. The number of amides is 3. The van der Waals surface area contributed by atoms with Gasteiger partial charge in [0, 0.05) is 32.7 Å². The van der Waals surface area contributed by atoms with Gasteiger partial charge in [-0.05, 0) is 56.0 Å². The summed E-state index contributed by atoms with van der Waals surface area (Å²) in [6.45, 7) is 6.80. The molecule has 0 aromatic heterocycles. The lowest BCUT2D eigenvalue weighted by molar-refractivity contribution is -0.145. The van der Waals surface area contributed by atoms with Gasteiger partial charge >= 0.3 is 12.0 Å². The number of aryl methyl sites for hydroxylation is 1. The maximum Gasteiger partial charge on any atom is 0.324 e. The van der Waals surface area contributed by atoms with E-state index in [0.29, 0.717) is 68.4 Å². The van der Waals surface area contributed by atoms with Gasteiger partial charge in [0.1, 0.15) is 5.75 Å². The molecule has 2 atom stereocenters. The Hall–Kier alpha value is -3.70. The minimum Gasteiger partial charge on any atom is -0.495 e. The average molecular weight is 570 g/mol. The molecular formula is C30H40FN5O5. The predicted octanol–water partition coefficient (Wildman–Crippen LogP) is 3.23. The summed E-state index contributed by atoms with van der Waals surface area (Å²) >= 11 is 0. The summed E-state index contributed by atoms with van der Waals surface area (Å²) in [5, 5.41) is 0. The molecule has 0 bridgehead atoms. The van der Waals surface area contributed by atoms with Crippen molar-refractivity contribution in [2.75, 3.05) is 57.9 Å². The summed E-state index contributed by atoms with van der Waals surface area (Å²) in [6, 6.07) is 11.4. The van der Waals surface area contributed by atoms with Crippen LogP contribution in [0, 0.1) is 6.92 Å². The molecule has 0 saturated carbocycles. The molecule has 41 heavy (non-hydrogen) atoms. The van der Waals surface area contributed by atoms with Gasteiger partial charge in [-0.25, -0.2) is 9.18 Å². The number of methoxy groups -OCH3 is 1. The first-order chi connectivity index (χ1) is 19.7. The first-order valence-electron chi connectivity index (χ1n) is 14.1. The Morgan fingerprint density at radius 3 is 2.46 bits per heavy atom. The van der Waals surface area contributed by atoms with Gasteiger partial charge in [-0.15, -0.1) is 0 Å². The molecule has 11 heteroatoms. The molecular weight excluding hydrogens is 529 g/mol. The molecule has 0 radical (unpaired) electrons. The van der Waals surface area contributed by atoms with Gasteiger partial charge in [-0.3, -0.25) is 24.3 Å². The van der Waals surface area contributed by atoms with Crippen molar-refractivity contribution in [2.24, 2.45) is 5.73 Å². The molecule has 0 aliphatic carbocycles. The number of nitrogens with zero attached hydrogens (tertiary/aromatic N) is 4. The highest BCUT2D eigenvalue weighted by molar-refractivity contribution is 6.00. The fourth-order valence-corrected chi connectivity index (χ4v) is 5.66. The van der Waals surface area contributed by atoms with Crippen molar-refractivity contribution in [3.05, 3.63) is 53.6 Å². The number of alkyl halides is 1. The van der Waals surface area contributed by atoms with Gasteiger partial charge in [0.05, 0.1) is 44.1 Å². The zero-order valence-electron chi connectivity index (χ0n) is 24.1. The van der Waals surface area contributed by atoms with Crippen LogP contribution in [0.3, 0.4) is 0 Å². The van der Waals surface area contributed by atoms with Crippen molar-refractivity contribution in [1.82, 2.24) is 14.7 Å². The zero-order chi connectivity index (χ0) is 29.5. The van der Waals surface area contributed by atoms with E-state index in [2.05, 4.69) is 0 Å². The van der Waals surface area contributed by atoms with Crippen LogP contribution < -0.4 is 15.4 Å². The van der Waals surface area contributed by atoms with E-state index in [1.165, 1.54) is 12.0 Å². The number of carbonyl (C=O) groups is 3. The standard InChI is InChI=1S/C30H40FN5O5/c1-4-41-28(38)20-33-14-16-34(17-15-33)29(31)25-10-7-13-35(25)27(37)19-22-11-12-24(26(18-22)40-3)36(30(32)39)23-9-6-5-8-21(23)2/h5-6,8-9,11-12,18,25,29H,4,7,10,13-17,19-20H2,1-3H3,(H2,32,39)/t25-,29+/m0/s1. The van der Waals surface area contributed by atoms with Crippen molar-refractivity contribution in [2.45, 2.75) is 45.4 Å². The summed E-state index contributed by atoms with van der Waals surface area (Å²) in [5.41, 5.74) is 8.42. The van der Waals surface area contributed by atoms with Gasteiger partial charge in [0.15, 0.2) is 6.30 Å². The number of carbonyl (C=O) groups excluding carboxylic acids is 3. The third kappa shape index (κ3) is 7.15. The number of halogens is 1. The van der Waals surface area contributed by atoms with Crippen LogP contribution in [0.5, 0.6) is 5.75 Å². The molecule has 2 fully saturated rings.